The van der Waals surface area contributed by atoms with Gasteiger partial charge in [0.15, 0.2) is 0 Å². The molecule has 4 nitrogen and oxygen atoms in total. The van der Waals surface area contributed by atoms with Gasteiger partial charge in [-0.3, -0.25) is 4.79 Å². The van der Waals surface area contributed by atoms with Crippen molar-refractivity contribution in [1.82, 2.24) is 5.32 Å². The van der Waals surface area contributed by atoms with E-state index in [-0.39, 0.29) is 11.9 Å². The lowest BCUT2D eigenvalue weighted by molar-refractivity contribution is -0.145. The topological polar surface area (TPSA) is 55.4 Å². The van der Waals surface area contributed by atoms with Crippen LogP contribution in [-0.4, -0.2) is 24.5 Å². The van der Waals surface area contributed by atoms with E-state index in [1.54, 1.807) is 25.1 Å². The molecule has 5 heteroatoms. The highest BCUT2D eigenvalue weighted by molar-refractivity contribution is 9.10. The van der Waals surface area contributed by atoms with Crippen LogP contribution in [0.5, 0.6) is 0 Å². The fourth-order valence-corrected chi connectivity index (χ4v) is 3.33. The van der Waals surface area contributed by atoms with Gasteiger partial charge >= 0.3 is 5.97 Å². The summed E-state index contributed by atoms with van der Waals surface area (Å²) < 4.78 is 5.98. The monoisotopic (exact) mass is 439 g/mol. The molecule has 0 bridgehead atoms. The van der Waals surface area contributed by atoms with Crippen molar-refractivity contribution in [2.45, 2.75) is 84.1 Å². The van der Waals surface area contributed by atoms with E-state index in [9.17, 15) is 9.59 Å². The van der Waals surface area contributed by atoms with Crippen LogP contribution in [-0.2, 0) is 9.53 Å². The number of benzene rings is 1. The lowest BCUT2D eigenvalue weighted by atomic mass is 10.1. The van der Waals surface area contributed by atoms with Crippen LogP contribution in [0.15, 0.2) is 28.7 Å². The maximum Gasteiger partial charge on any atom is 0.328 e. The van der Waals surface area contributed by atoms with E-state index in [1.165, 1.54) is 51.4 Å². The number of hydrogen-bond acceptors (Lipinski definition) is 3. The third-order valence-electron chi connectivity index (χ3n) is 4.56. The molecular formula is C22H34BrNO3. The van der Waals surface area contributed by atoms with Gasteiger partial charge < -0.3 is 10.1 Å². The van der Waals surface area contributed by atoms with Gasteiger partial charge in [-0.1, -0.05) is 76.8 Å². The van der Waals surface area contributed by atoms with Crippen molar-refractivity contribution in [3.63, 3.8) is 0 Å². The summed E-state index contributed by atoms with van der Waals surface area (Å²) in [5.74, 6) is -0.669. The van der Waals surface area contributed by atoms with E-state index in [4.69, 9.17) is 4.74 Å². The molecule has 0 aliphatic heterocycles. The van der Waals surface area contributed by atoms with Gasteiger partial charge in [0.2, 0.25) is 0 Å². The number of carbonyl (C=O) groups excluding carboxylic acids is 2. The molecule has 0 saturated carbocycles. The first-order valence-electron chi connectivity index (χ1n) is 10.3. The summed E-state index contributed by atoms with van der Waals surface area (Å²) in [4.78, 5) is 24.2. The molecule has 0 aromatic heterocycles. The SMILES string of the molecule is CCCCCCCCCCCCOC(=O)C(C)NC(=O)c1ccccc1Br. The molecule has 0 fully saturated rings. The van der Waals surface area contributed by atoms with Crippen LogP contribution in [0.2, 0.25) is 0 Å². The Bertz CT molecular complexity index is 562. The Balaban J connectivity index is 2.07. The third kappa shape index (κ3) is 10.5. The second-order valence-corrected chi connectivity index (χ2v) is 7.88. The van der Waals surface area contributed by atoms with Gasteiger partial charge in [0, 0.05) is 4.47 Å². The van der Waals surface area contributed by atoms with Gasteiger partial charge in [-0.2, -0.15) is 0 Å². The van der Waals surface area contributed by atoms with Crippen molar-refractivity contribution < 1.29 is 14.3 Å². The Labute approximate surface area is 172 Å². The van der Waals surface area contributed by atoms with Crippen molar-refractivity contribution in [2.75, 3.05) is 6.61 Å². The number of nitrogens with one attached hydrogen (secondary N) is 1. The van der Waals surface area contributed by atoms with Crippen molar-refractivity contribution in [2.24, 2.45) is 0 Å². The number of amides is 1. The highest BCUT2D eigenvalue weighted by atomic mass is 79.9. The normalized spacial score (nSPS) is 11.8. The molecule has 152 valence electrons. The number of ether oxygens (including phenoxy) is 1. The minimum Gasteiger partial charge on any atom is -0.464 e. The second kappa shape index (κ2) is 14.7. The predicted molar refractivity (Wildman–Crippen MR) is 114 cm³/mol. The van der Waals surface area contributed by atoms with E-state index >= 15 is 0 Å². The van der Waals surface area contributed by atoms with Gasteiger partial charge in [-0.05, 0) is 41.4 Å². The van der Waals surface area contributed by atoms with E-state index < -0.39 is 6.04 Å². The van der Waals surface area contributed by atoms with E-state index in [1.807, 2.05) is 6.07 Å². The van der Waals surface area contributed by atoms with Gasteiger partial charge in [0.1, 0.15) is 6.04 Å². The highest BCUT2D eigenvalue weighted by Gasteiger charge is 2.18. The summed E-state index contributed by atoms with van der Waals surface area (Å²) in [7, 11) is 0. The lowest BCUT2D eigenvalue weighted by Gasteiger charge is -2.14. The van der Waals surface area contributed by atoms with Crippen LogP contribution >= 0.6 is 15.9 Å². The Morgan fingerprint density at radius 1 is 0.963 bits per heavy atom. The van der Waals surface area contributed by atoms with E-state index in [0.717, 1.165) is 12.8 Å². The Hall–Kier alpha value is -1.36. The van der Waals surface area contributed by atoms with E-state index in [2.05, 4.69) is 28.2 Å². The number of carbonyl (C=O) groups is 2. The van der Waals surface area contributed by atoms with E-state index in [0.29, 0.717) is 16.6 Å². The molecule has 1 aromatic rings. The molecule has 1 rings (SSSR count). The molecule has 0 aliphatic rings. The molecule has 0 spiro atoms. The minimum absolute atomic E-state index is 0.286. The maximum absolute atomic E-state index is 12.2. The lowest BCUT2D eigenvalue weighted by Crippen LogP contribution is -2.39. The first-order chi connectivity index (χ1) is 13.1. The van der Waals surface area contributed by atoms with Crippen molar-refractivity contribution >= 4 is 27.8 Å². The number of halogens is 1. The molecule has 27 heavy (non-hydrogen) atoms. The van der Waals surface area contributed by atoms with Crippen LogP contribution in [0.3, 0.4) is 0 Å². The Morgan fingerprint density at radius 2 is 1.52 bits per heavy atom. The first-order valence-corrected chi connectivity index (χ1v) is 11.1. The zero-order chi connectivity index (χ0) is 19.9. The molecule has 1 N–H and O–H groups in total. The summed E-state index contributed by atoms with van der Waals surface area (Å²) in [6.45, 7) is 4.31. The molecule has 0 radical (unpaired) electrons. The summed E-state index contributed by atoms with van der Waals surface area (Å²) in [6.07, 6.45) is 12.4. The minimum atomic E-state index is -0.660. The van der Waals surface area contributed by atoms with Crippen LogP contribution in [0.25, 0.3) is 0 Å². The largest absolute Gasteiger partial charge is 0.464 e. The van der Waals surface area contributed by atoms with Crippen LogP contribution in [0.4, 0.5) is 0 Å². The standard InChI is InChI=1S/C22H34BrNO3/c1-3-4-5-6-7-8-9-10-11-14-17-27-22(26)18(2)24-21(25)19-15-12-13-16-20(19)23/h12-13,15-16,18H,3-11,14,17H2,1-2H3,(H,24,25). The Morgan fingerprint density at radius 3 is 2.11 bits per heavy atom. The molecule has 0 heterocycles. The van der Waals surface area contributed by atoms with Gasteiger partial charge in [-0.25, -0.2) is 4.79 Å². The molecule has 0 saturated heterocycles. The second-order valence-electron chi connectivity index (χ2n) is 7.02. The summed E-state index contributed by atoms with van der Waals surface area (Å²) >= 11 is 3.34. The number of unbranched alkanes of at least 4 members (excludes halogenated alkanes) is 9. The Kier molecular flexibility index (Phi) is 12.9. The average Bonchev–Trinajstić information content (AvgIpc) is 2.66. The molecule has 1 unspecified atom stereocenters. The van der Waals surface area contributed by atoms with Gasteiger partial charge in [-0.15, -0.1) is 0 Å². The van der Waals surface area contributed by atoms with Crippen LogP contribution < -0.4 is 5.32 Å². The fourth-order valence-electron chi connectivity index (χ4n) is 2.87. The molecule has 1 aromatic carbocycles. The quantitative estimate of drug-likeness (QED) is 0.284. The number of rotatable bonds is 14. The molecule has 0 aliphatic carbocycles. The highest BCUT2D eigenvalue weighted by Crippen LogP contribution is 2.15. The zero-order valence-electron chi connectivity index (χ0n) is 16.8. The first kappa shape index (κ1) is 23.7. The fraction of sp³-hybridized carbons (Fsp3) is 0.636. The number of hydrogen-bond donors (Lipinski definition) is 1. The number of esters is 1. The van der Waals surface area contributed by atoms with Crippen molar-refractivity contribution in [3.05, 3.63) is 34.3 Å². The summed E-state index contributed by atoms with van der Waals surface area (Å²) in [5, 5.41) is 2.68. The van der Waals surface area contributed by atoms with Crippen LogP contribution in [0.1, 0.15) is 88.4 Å². The molecule has 1 amide bonds. The predicted octanol–water partition coefficient (Wildman–Crippen LogP) is 6.03. The zero-order valence-corrected chi connectivity index (χ0v) is 18.4. The molecular weight excluding hydrogens is 406 g/mol. The summed E-state index contributed by atoms with van der Waals surface area (Å²) in [6, 6.07) is 6.47. The third-order valence-corrected chi connectivity index (χ3v) is 5.25. The molecule has 1 atom stereocenters. The smallest absolute Gasteiger partial charge is 0.328 e. The maximum atomic E-state index is 12.2. The van der Waals surface area contributed by atoms with Crippen molar-refractivity contribution in [1.29, 1.82) is 0 Å². The average molecular weight is 440 g/mol. The van der Waals surface area contributed by atoms with Crippen LogP contribution in [0, 0.1) is 0 Å². The summed E-state index contributed by atoms with van der Waals surface area (Å²) in [5.41, 5.74) is 0.506. The van der Waals surface area contributed by atoms with Gasteiger partial charge in [0.05, 0.1) is 12.2 Å². The van der Waals surface area contributed by atoms with Crippen molar-refractivity contribution in [3.8, 4) is 0 Å². The van der Waals surface area contributed by atoms with Gasteiger partial charge in [0.25, 0.3) is 5.91 Å².